The molecule has 0 amide bonds. The Morgan fingerprint density at radius 3 is 2.60 bits per heavy atom. The lowest BCUT2D eigenvalue weighted by molar-refractivity contribution is 0.339. The summed E-state index contributed by atoms with van der Waals surface area (Å²) in [5.74, 6) is 0.848. The van der Waals surface area contributed by atoms with Crippen LogP contribution in [0.25, 0.3) is 0 Å². The van der Waals surface area contributed by atoms with Crippen molar-refractivity contribution < 1.29 is 13.2 Å². The highest BCUT2D eigenvalue weighted by molar-refractivity contribution is 7.88. The predicted octanol–water partition coefficient (Wildman–Crippen LogP) is 1.50. The molecule has 0 radical (unpaired) electrons. The first-order valence-electron chi connectivity index (χ1n) is 6.63. The van der Waals surface area contributed by atoms with E-state index in [1.165, 1.54) is 6.26 Å². The average Bonchev–Trinajstić information content (AvgIpc) is 2.26. The van der Waals surface area contributed by atoms with E-state index >= 15 is 0 Å². The third-order valence-corrected chi connectivity index (χ3v) is 3.49. The molecule has 0 atom stereocenters. The van der Waals surface area contributed by atoms with Gasteiger partial charge in [-0.05, 0) is 38.5 Å². The molecule has 0 aliphatic rings. The van der Waals surface area contributed by atoms with Crippen LogP contribution in [0.1, 0.15) is 26.3 Å². The van der Waals surface area contributed by atoms with E-state index in [4.69, 9.17) is 4.74 Å². The van der Waals surface area contributed by atoms with Crippen molar-refractivity contribution in [3.05, 3.63) is 29.8 Å². The van der Waals surface area contributed by atoms with Crippen LogP contribution in [0, 0.1) is 0 Å². The van der Waals surface area contributed by atoms with Gasteiger partial charge >= 0.3 is 0 Å². The first kappa shape index (κ1) is 16.9. The summed E-state index contributed by atoms with van der Waals surface area (Å²) in [5, 5.41) is 3.25. The molecular formula is C14H24N2O3S. The highest BCUT2D eigenvalue weighted by atomic mass is 32.2. The van der Waals surface area contributed by atoms with Crippen LogP contribution < -0.4 is 14.8 Å². The minimum atomic E-state index is -3.20. The summed E-state index contributed by atoms with van der Waals surface area (Å²) < 4.78 is 30.5. The number of hydrogen-bond donors (Lipinski definition) is 2. The number of sulfonamides is 1. The molecule has 0 bridgehead atoms. The molecule has 1 rings (SSSR count). The van der Waals surface area contributed by atoms with Gasteiger partial charge in [0.25, 0.3) is 0 Å². The fourth-order valence-corrected chi connectivity index (χ4v) is 3.05. The van der Waals surface area contributed by atoms with Crippen LogP contribution in [0.4, 0.5) is 0 Å². The largest absolute Gasteiger partial charge is 0.494 e. The normalized spacial score (nSPS) is 12.4. The van der Waals surface area contributed by atoms with Crippen molar-refractivity contribution in [1.82, 2.24) is 10.0 Å². The Bertz CT molecular complexity index is 527. The summed E-state index contributed by atoms with van der Waals surface area (Å²) in [6.07, 6.45) is 1.17. The van der Waals surface area contributed by atoms with E-state index < -0.39 is 15.6 Å². The number of hydrogen-bond acceptors (Lipinski definition) is 4. The van der Waals surface area contributed by atoms with E-state index in [2.05, 4.69) is 10.0 Å². The molecule has 6 heteroatoms. The number of rotatable bonds is 8. The molecule has 0 unspecified atom stereocenters. The van der Waals surface area contributed by atoms with Crippen LogP contribution in [-0.2, 0) is 16.6 Å². The van der Waals surface area contributed by atoms with Gasteiger partial charge < -0.3 is 10.1 Å². The highest BCUT2D eigenvalue weighted by Crippen LogP contribution is 2.13. The van der Waals surface area contributed by atoms with Crippen LogP contribution in [0.3, 0.4) is 0 Å². The van der Waals surface area contributed by atoms with Crippen molar-refractivity contribution in [1.29, 1.82) is 0 Å². The van der Waals surface area contributed by atoms with Crippen molar-refractivity contribution in [2.24, 2.45) is 0 Å². The van der Waals surface area contributed by atoms with Gasteiger partial charge in [-0.3, -0.25) is 0 Å². The Morgan fingerprint density at radius 1 is 1.30 bits per heavy atom. The van der Waals surface area contributed by atoms with Crippen molar-refractivity contribution in [3.8, 4) is 5.75 Å². The van der Waals surface area contributed by atoms with Gasteiger partial charge in [-0.2, -0.15) is 0 Å². The second-order valence-corrected chi connectivity index (χ2v) is 7.19. The third-order valence-electron chi connectivity index (χ3n) is 2.57. The summed E-state index contributed by atoms with van der Waals surface area (Å²) in [4.78, 5) is 0. The zero-order valence-corrected chi connectivity index (χ0v) is 13.4. The zero-order valence-electron chi connectivity index (χ0n) is 12.6. The molecule has 5 nitrogen and oxygen atoms in total. The smallest absolute Gasteiger partial charge is 0.209 e. The first-order chi connectivity index (χ1) is 9.22. The fourth-order valence-electron chi connectivity index (χ4n) is 1.97. The lowest BCUT2D eigenvalue weighted by atomic mass is 10.1. The lowest BCUT2D eigenvalue weighted by Crippen LogP contribution is -2.49. The van der Waals surface area contributed by atoms with Crippen LogP contribution in [0.5, 0.6) is 5.75 Å². The molecule has 0 aliphatic carbocycles. The molecule has 0 spiro atoms. The third kappa shape index (κ3) is 6.88. The molecule has 1 aromatic carbocycles. The molecular weight excluding hydrogens is 276 g/mol. The average molecular weight is 300 g/mol. The molecule has 1 aromatic rings. The second-order valence-electron chi connectivity index (χ2n) is 5.44. The Balaban J connectivity index is 2.49. The maximum atomic E-state index is 11.2. The van der Waals surface area contributed by atoms with Crippen molar-refractivity contribution >= 4 is 10.0 Å². The van der Waals surface area contributed by atoms with E-state index in [9.17, 15) is 8.42 Å². The van der Waals surface area contributed by atoms with E-state index in [1.807, 2.05) is 45.0 Å². The molecule has 20 heavy (non-hydrogen) atoms. The Morgan fingerprint density at radius 2 is 2.00 bits per heavy atom. The minimum Gasteiger partial charge on any atom is -0.494 e. The summed E-state index contributed by atoms with van der Waals surface area (Å²) in [5.41, 5.74) is 0.580. The summed E-state index contributed by atoms with van der Waals surface area (Å²) in [7, 11) is -3.20. The van der Waals surface area contributed by atoms with Crippen molar-refractivity contribution in [2.45, 2.75) is 32.9 Å². The standard InChI is InChI=1S/C14H24N2O3S/c1-5-19-13-8-6-7-12(9-13)10-15-11-14(2,3)16-20(4,17)18/h6-9,15-16H,5,10-11H2,1-4H3. The van der Waals surface area contributed by atoms with Gasteiger partial charge in [0.1, 0.15) is 5.75 Å². The zero-order chi connectivity index (χ0) is 15.2. The molecule has 0 aliphatic heterocycles. The van der Waals surface area contributed by atoms with Gasteiger partial charge in [0.2, 0.25) is 10.0 Å². The lowest BCUT2D eigenvalue weighted by Gasteiger charge is -2.25. The molecule has 0 fully saturated rings. The van der Waals surface area contributed by atoms with Gasteiger partial charge in [-0.25, -0.2) is 13.1 Å². The van der Waals surface area contributed by atoms with Crippen LogP contribution in [-0.4, -0.2) is 33.4 Å². The number of ether oxygens (including phenoxy) is 1. The molecule has 2 N–H and O–H groups in total. The van der Waals surface area contributed by atoms with E-state index in [0.29, 0.717) is 19.7 Å². The molecule has 0 heterocycles. The van der Waals surface area contributed by atoms with Crippen LogP contribution in [0.15, 0.2) is 24.3 Å². The minimum absolute atomic E-state index is 0.523. The Labute approximate surface area is 121 Å². The second kappa shape index (κ2) is 7.06. The molecule has 114 valence electrons. The van der Waals surface area contributed by atoms with Gasteiger partial charge in [-0.15, -0.1) is 0 Å². The number of benzene rings is 1. The first-order valence-corrected chi connectivity index (χ1v) is 8.52. The van der Waals surface area contributed by atoms with Gasteiger partial charge in [0, 0.05) is 18.6 Å². The SMILES string of the molecule is CCOc1cccc(CNCC(C)(C)NS(C)(=O)=O)c1. The summed E-state index contributed by atoms with van der Waals surface area (Å²) in [6, 6.07) is 7.85. The van der Waals surface area contributed by atoms with Gasteiger partial charge in [0.05, 0.1) is 12.9 Å². The Hall–Kier alpha value is -1.11. The summed E-state index contributed by atoms with van der Waals surface area (Å²) in [6.45, 7) is 7.48. The molecule has 0 saturated heterocycles. The fraction of sp³-hybridized carbons (Fsp3) is 0.571. The van der Waals surface area contributed by atoms with E-state index in [0.717, 1.165) is 11.3 Å². The quantitative estimate of drug-likeness (QED) is 0.763. The van der Waals surface area contributed by atoms with Gasteiger partial charge in [0.15, 0.2) is 0 Å². The van der Waals surface area contributed by atoms with Crippen molar-refractivity contribution in [2.75, 3.05) is 19.4 Å². The Kier molecular flexibility index (Phi) is 5.98. The van der Waals surface area contributed by atoms with Crippen molar-refractivity contribution in [3.63, 3.8) is 0 Å². The van der Waals surface area contributed by atoms with E-state index in [1.54, 1.807) is 0 Å². The van der Waals surface area contributed by atoms with Gasteiger partial charge in [-0.1, -0.05) is 12.1 Å². The van der Waals surface area contributed by atoms with E-state index in [-0.39, 0.29) is 0 Å². The highest BCUT2D eigenvalue weighted by Gasteiger charge is 2.21. The maximum Gasteiger partial charge on any atom is 0.209 e. The summed E-state index contributed by atoms with van der Waals surface area (Å²) >= 11 is 0. The molecule has 0 aromatic heterocycles. The van der Waals surface area contributed by atoms with Crippen LogP contribution in [0.2, 0.25) is 0 Å². The van der Waals surface area contributed by atoms with Crippen LogP contribution >= 0.6 is 0 Å². The monoisotopic (exact) mass is 300 g/mol. The number of nitrogens with one attached hydrogen (secondary N) is 2. The predicted molar refractivity (Wildman–Crippen MR) is 81.4 cm³/mol. The topological polar surface area (TPSA) is 67.4 Å². The molecule has 0 saturated carbocycles. The maximum absolute atomic E-state index is 11.2.